The molecule has 1 aliphatic rings. The van der Waals surface area contributed by atoms with Crippen LogP contribution in [0, 0.1) is 0 Å². The number of aliphatic imine (C=N–C) groups is 1. The van der Waals surface area contributed by atoms with Crippen LogP contribution in [0.5, 0.6) is 0 Å². The van der Waals surface area contributed by atoms with Crippen LogP contribution < -0.4 is 0 Å². The highest BCUT2D eigenvalue weighted by Gasteiger charge is 2.38. The average Bonchev–Trinajstić information content (AvgIpc) is 2.26. The van der Waals surface area contributed by atoms with Gasteiger partial charge in [0.1, 0.15) is 0 Å². The quantitative estimate of drug-likeness (QED) is 0.559. The Morgan fingerprint density at radius 3 is 2.72 bits per heavy atom. The minimum absolute atomic E-state index is 0.132. The summed E-state index contributed by atoms with van der Waals surface area (Å²) >= 11 is 0. The summed E-state index contributed by atoms with van der Waals surface area (Å²) in [5.74, 6) is 0. The van der Waals surface area contributed by atoms with E-state index in [0.717, 1.165) is 6.07 Å². The van der Waals surface area contributed by atoms with E-state index < -0.39 is 17.3 Å². The molecule has 0 saturated carbocycles. The molecule has 0 heterocycles. The monoisotopic (exact) mass is 255 g/mol. The largest absolute Gasteiger partial charge is 0.416 e. The molecule has 0 aromatic heterocycles. The lowest BCUT2D eigenvalue weighted by atomic mass is 9.78. The number of aryl methyl sites for hydroxylation is 1. The van der Waals surface area contributed by atoms with Crippen molar-refractivity contribution in [1.82, 2.24) is 0 Å². The van der Waals surface area contributed by atoms with Gasteiger partial charge in [-0.25, -0.2) is 4.79 Å². The van der Waals surface area contributed by atoms with E-state index in [4.69, 9.17) is 0 Å². The molecule has 1 aromatic rings. The van der Waals surface area contributed by atoms with Gasteiger partial charge in [0.15, 0.2) is 0 Å². The van der Waals surface area contributed by atoms with Crippen molar-refractivity contribution in [3.05, 3.63) is 34.9 Å². The van der Waals surface area contributed by atoms with Gasteiger partial charge in [-0.15, -0.1) is 0 Å². The zero-order chi connectivity index (χ0) is 13.4. The van der Waals surface area contributed by atoms with Gasteiger partial charge in [-0.05, 0) is 43.4 Å². The lowest BCUT2D eigenvalue weighted by Crippen LogP contribution is -2.32. The minimum Gasteiger partial charge on any atom is -0.211 e. The molecular formula is C13H12F3NO. The third-order valence-corrected chi connectivity index (χ3v) is 3.38. The van der Waals surface area contributed by atoms with Gasteiger partial charge in [0, 0.05) is 0 Å². The second-order valence-corrected chi connectivity index (χ2v) is 4.82. The predicted octanol–water partition coefficient (Wildman–Crippen LogP) is 3.29. The summed E-state index contributed by atoms with van der Waals surface area (Å²) in [5, 5.41) is 0. The molecule has 0 saturated heterocycles. The molecule has 0 radical (unpaired) electrons. The highest BCUT2D eigenvalue weighted by molar-refractivity contribution is 5.42. The average molecular weight is 255 g/mol. The lowest BCUT2D eigenvalue weighted by molar-refractivity contribution is -0.138. The Morgan fingerprint density at radius 1 is 1.39 bits per heavy atom. The van der Waals surface area contributed by atoms with Crippen LogP contribution in [0.15, 0.2) is 23.2 Å². The predicted molar refractivity (Wildman–Crippen MR) is 60.0 cm³/mol. The third-order valence-electron chi connectivity index (χ3n) is 3.38. The fourth-order valence-electron chi connectivity index (χ4n) is 2.42. The number of hydrogen-bond acceptors (Lipinski definition) is 2. The van der Waals surface area contributed by atoms with Crippen molar-refractivity contribution in [3.63, 3.8) is 0 Å². The highest BCUT2D eigenvalue weighted by Crippen LogP contribution is 2.39. The Morgan fingerprint density at radius 2 is 2.11 bits per heavy atom. The van der Waals surface area contributed by atoms with Crippen molar-refractivity contribution < 1.29 is 18.0 Å². The van der Waals surface area contributed by atoms with Gasteiger partial charge in [0.2, 0.25) is 6.08 Å². The van der Waals surface area contributed by atoms with E-state index in [0.29, 0.717) is 18.4 Å². The Bertz CT molecular complexity index is 517. The fourth-order valence-corrected chi connectivity index (χ4v) is 2.42. The first-order valence-corrected chi connectivity index (χ1v) is 5.63. The number of alkyl halides is 3. The number of isocyanates is 1. The maximum absolute atomic E-state index is 12.9. The summed E-state index contributed by atoms with van der Waals surface area (Å²) in [6, 6.07) is 4.21. The summed E-state index contributed by atoms with van der Waals surface area (Å²) in [6.45, 7) is 1.69. The van der Waals surface area contributed by atoms with Crippen molar-refractivity contribution in [1.29, 1.82) is 0 Å². The molecule has 1 aromatic carbocycles. The van der Waals surface area contributed by atoms with Gasteiger partial charge in [-0.2, -0.15) is 18.2 Å². The molecule has 0 N–H and O–H groups in total. The van der Waals surface area contributed by atoms with Crippen LogP contribution >= 0.6 is 0 Å². The lowest BCUT2D eigenvalue weighted by Gasteiger charge is -2.31. The zero-order valence-electron chi connectivity index (χ0n) is 9.84. The zero-order valence-corrected chi connectivity index (χ0v) is 9.84. The smallest absolute Gasteiger partial charge is 0.211 e. The van der Waals surface area contributed by atoms with E-state index in [-0.39, 0.29) is 12.0 Å². The van der Waals surface area contributed by atoms with Gasteiger partial charge in [0.05, 0.1) is 11.1 Å². The van der Waals surface area contributed by atoms with Crippen LogP contribution in [0.4, 0.5) is 13.2 Å². The molecule has 0 amide bonds. The van der Waals surface area contributed by atoms with Gasteiger partial charge in [-0.3, -0.25) is 0 Å². The standard InChI is InChI=1S/C13H12F3NO/c1-12(17-8-18)6-5-9-3-2-4-11(10(9)7-12)13(14,15)16/h2-4H,5-7H2,1H3. The molecule has 1 aliphatic carbocycles. The fraction of sp³-hybridized carbons (Fsp3) is 0.462. The van der Waals surface area contributed by atoms with Crippen LogP contribution in [0.3, 0.4) is 0 Å². The van der Waals surface area contributed by atoms with Crippen LogP contribution in [0.1, 0.15) is 30.0 Å². The van der Waals surface area contributed by atoms with Gasteiger partial charge >= 0.3 is 6.18 Å². The first kappa shape index (κ1) is 12.8. The second-order valence-electron chi connectivity index (χ2n) is 4.82. The topological polar surface area (TPSA) is 29.4 Å². The van der Waals surface area contributed by atoms with Crippen LogP contribution in [0.25, 0.3) is 0 Å². The molecule has 2 rings (SSSR count). The second kappa shape index (κ2) is 4.25. The van der Waals surface area contributed by atoms with Crippen LogP contribution in [-0.2, 0) is 23.8 Å². The Labute approximate surface area is 103 Å². The molecule has 0 bridgehead atoms. The molecule has 18 heavy (non-hydrogen) atoms. The molecular weight excluding hydrogens is 243 g/mol. The van der Waals surface area contributed by atoms with Crippen molar-refractivity contribution in [2.24, 2.45) is 4.99 Å². The number of halogens is 3. The molecule has 5 heteroatoms. The number of carbonyl (C=O) groups excluding carboxylic acids is 1. The summed E-state index contributed by atoms with van der Waals surface area (Å²) in [4.78, 5) is 14.0. The SMILES string of the molecule is CC1(N=C=O)CCc2cccc(C(F)(F)F)c2C1. The Hall–Kier alpha value is -1.61. The number of nitrogens with zero attached hydrogens (tertiary/aromatic N) is 1. The van der Waals surface area contributed by atoms with Gasteiger partial charge in [0.25, 0.3) is 0 Å². The third kappa shape index (κ3) is 2.31. The molecule has 2 nitrogen and oxygen atoms in total. The van der Waals surface area contributed by atoms with E-state index in [1.54, 1.807) is 13.0 Å². The number of benzene rings is 1. The summed E-state index contributed by atoms with van der Waals surface area (Å²) in [6.07, 6.45) is -1.71. The van der Waals surface area contributed by atoms with Crippen molar-refractivity contribution in [2.75, 3.05) is 0 Å². The summed E-state index contributed by atoms with van der Waals surface area (Å²) in [5.41, 5.74) is -0.427. The van der Waals surface area contributed by atoms with E-state index in [9.17, 15) is 18.0 Å². The van der Waals surface area contributed by atoms with Crippen molar-refractivity contribution in [3.8, 4) is 0 Å². The molecule has 0 spiro atoms. The number of hydrogen-bond donors (Lipinski definition) is 0. The minimum atomic E-state index is -4.37. The van der Waals surface area contributed by atoms with E-state index in [1.807, 2.05) is 0 Å². The molecule has 0 aliphatic heterocycles. The molecule has 0 fully saturated rings. The highest BCUT2D eigenvalue weighted by atomic mass is 19.4. The number of fused-ring (bicyclic) bond motifs is 1. The summed E-state index contributed by atoms with van der Waals surface area (Å²) < 4.78 is 38.7. The van der Waals surface area contributed by atoms with E-state index in [2.05, 4.69) is 4.99 Å². The normalized spacial score (nSPS) is 23.1. The van der Waals surface area contributed by atoms with Gasteiger partial charge in [-0.1, -0.05) is 12.1 Å². The maximum Gasteiger partial charge on any atom is 0.416 e. The van der Waals surface area contributed by atoms with Crippen LogP contribution in [-0.4, -0.2) is 11.6 Å². The number of rotatable bonds is 1. The Kier molecular flexibility index (Phi) is 3.03. The first-order valence-electron chi connectivity index (χ1n) is 5.63. The van der Waals surface area contributed by atoms with Crippen molar-refractivity contribution in [2.45, 2.75) is 37.9 Å². The molecule has 1 atom stereocenters. The Balaban J connectivity index is 2.50. The summed E-state index contributed by atoms with van der Waals surface area (Å²) in [7, 11) is 0. The maximum atomic E-state index is 12.9. The van der Waals surface area contributed by atoms with Crippen LogP contribution in [0.2, 0.25) is 0 Å². The van der Waals surface area contributed by atoms with E-state index in [1.165, 1.54) is 12.1 Å². The van der Waals surface area contributed by atoms with Crippen molar-refractivity contribution >= 4 is 6.08 Å². The molecule has 96 valence electrons. The first-order chi connectivity index (χ1) is 8.36. The van der Waals surface area contributed by atoms with E-state index >= 15 is 0 Å². The van der Waals surface area contributed by atoms with Gasteiger partial charge < -0.3 is 0 Å². The molecule has 1 unspecified atom stereocenters.